The number of nitrogens with one attached hydrogen (secondary N) is 2. The predicted octanol–water partition coefficient (Wildman–Crippen LogP) is 3.10. The van der Waals surface area contributed by atoms with Gasteiger partial charge in [-0.15, -0.1) is 0 Å². The van der Waals surface area contributed by atoms with E-state index in [2.05, 4.69) is 10.6 Å². The Labute approximate surface area is 170 Å². The summed E-state index contributed by atoms with van der Waals surface area (Å²) < 4.78 is 24.1. The Morgan fingerprint density at radius 1 is 0.931 bits per heavy atom. The van der Waals surface area contributed by atoms with E-state index in [0.29, 0.717) is 36.8 Å². The average molecular weight is 402 g/mol. The summed E-state index contributed by atoms with van der Waals surface area (Å²) in [6.07, 6.45) is 1.03. The van der Waals surface area contributed by atoms with Gasteiger partial charge in [0.15, 0.2) is 11.5 Å². The Hall–Kier alpha value is -3.09. The number of hydrogen-bond donors (Lipinski definition) is 2. The molecule has 6 nitrogen and oxygen atoms in total. The van der Waals surface area contributed by atoms with Crippen molar-refractivity contribution in [2.75, 3.05) is 26.3 Å². The fourth-order valence-electron chi connectivity index (χ4n) is 2.58. The SMILES string of the molecule is CCCOc1ccc(C(=O)NCCNC(=O)Cc2ccc(F)cc2)cc1OCC. The van der Waals surface area contributed by atoms with Crippen molar-refractivity contribution in [1.82, 2.24) is 10.6 Å². The molecule has 2 amide bonds. The van der Waals surface area contributed by atoms with E-state index in [0.717, 1.165) is 12.0 Å². The number of halogens is 1. The predicted molar refractivity (Wildman–Crippen MR) is 109 cm³/mol. The van der Waals surface area contributed by atoms with E-state index in [4.69, 9.17) is 9.47 Å². The van der Waals surface area contributed by atoms with Crippen LogP contribution in [0.5, 0.6) is 11.5 Å². The highest BCUT2D eigenvalue weighted by Gasteiger charge is 2.11. The second kappa shape index (κ2) is 11.7. The lowest BCUT2D eigenvalue weighted by molar-refractivity contribution is -0.120. The third-order valence-corrected chi connectivity index (χ3v) is 3.98. The van der Waals surface area contributed by atoms with Crippen LogP contribution in [0.15, 0.2) is 42.5 Å². The van der Waals surface area contributed by atoms with Gasteiger partial charge in [0.05, 0.1) is 19.6 Å². The van der Waals surface area contributed by atoms with Crippen LogP contribution >= 0.6 is 0 Å². The minimum Gasteiger partial charge on any atom is -0.490 e. The molecule has 0 radical (unpaired) electrons. The summed E-state index contributed by atoms with van der Waals surface area (Å²) in [5.74, 6) is 0.344. The molecule has 0 aliphatic heterocycles. The lowest BCUT2D eigenvalue weighted by atomic mass is 10.1. The van der Waals surface area contributed by atoms with Crippen molar-refractivity contribution in [3.8, 4) is 11.5 Å². The molecule has 0 aliphatic carbocycles. The molecule has 0 fully saturated rings. The fourth-order valence-corrected chi connectivity index (χ4v) is 2.58. The maximum atomic E-state index is 12.9. The Balaban J connectivity index is 1.80. The quantitative estimate of drug-likeness (QED) is 0.567. The van der Waals surface area contributed by atoms with Crippen molar-refractivity contribution >= 4 is 11.8 Å². The molecular formula is C22H27FN2O4. The maximum absolute atomic E-state index is 12.9. The topological polar surface area (TPSA) is 76.7 Å². The van der Waals surface area contributed by atoms with E-state index >= 15 is 0 Å². The molecule has 2 N–H and O–H groups in total. The summed E-state index contributed by atoms with van der Waals surface area (Å²) in [7, 11) is 0. The normalized spacial score (nSPS) is 10.3. The Kier molecular flexibility index (Phi) is 8.95. The monoisotopic (exact) mass is 402 g/mol. The Morgan fingerprint density at radius 3 is 2.34 bits per heavy atom. The summed E-state index contributed by atoms with van der Waals surface area (Å²) in [5.41, 5.74) is 1.18. The minimum atomic E-state index is -0.339. The van der Waals surface area contributed by atoms with Gasteiger partial charge >= 0.3 is 0 Å². The van der Waals surface area contributed by atoms with Gasteiger partial charge in [-0.25, -0.2) is 4.39 Å². The highest BCUT2D eigenvalue weighted by molar-refractivity contribution is 5.94. The molecular weight excluding hydrogens is 375 g/mol. The number of ether oxygens (including phenoxy) is 2. The highest BCUT2D eigenvalue weighted by atomic mass is 19.1. The van der Waals surface area contributed by atoms with Crippen LogP contribution < -0.4 is 20.1 Å². The van der Waals surface area contributed by atoms with Crippen LogP contribution in [0.4, 0.5) is 4.39 Å². The molecule has 0 saturated carbocycles. The number of amides is 2. The Bertz CT molecular complexity index is 809. The lowest BCUT2D eigenvalue weighted by Gasteiger charge is -2.13. The number of carbonyl (C=O) groups is 2. The van der Waals surface area contributed by atoms with E-state index in [-0.39, 0.29) is 30.6 Å². The zero-order valence-electron chi connectivity index (χ0n) is 16.8. The molecule has 7 heteroatoms. The molecule has 2 rings (SSSR count). The molecule has 2 aromatic rings. The third kappa shape index (κ3) is 7.44. The molecule has 0 atom stereocenters. The average Bonchev–Trinajstić information content (AvgIpc) is 2.72. The zero-order chi connectivity index (χ0) is 21.1. The number of carbonyl (C=O) groups excluding carboxylic acids is 2. The molecule has 0 aliphatic rings. The van der Waals surface area contributed by atoms with E-state index in [9.17, 15) is 14.0 Å². The molecule has 2 aromatic carbocycles. The van der Waals surface area contributed by atoms with Gasteiger partial charge in [0, 0.05) is 18.7 Å². The van der Waals surface area contributed by atoms with Crippen LogP contribution in [-0.4, -0.2) is 38.1 Å². The second-order valence-electron chi connectivity index (χ2n) is 6.35. The molecule has 0 heterocycles. The standard InChI is InChI=1S/C22H27FN2O4/c1-3-13-29-19-10-7-17(15-20(19)28-4-2)22(27)25-12-11-24-21(26)14-16-5-8-18(23)9-6-16/h5-10,15H,3-4,11-14H2,1-2H3,(H,24,26)(H,25,27). The summed E-state index contributed by atoms with van der Waals surface area (Å²) in [6, 6.07) is 10.8. The molecule has 156 valence electrons. The first-order valence-corrected chi connectivity index (χ1v) is 9.72. The molecule has 0 saturated heterocycles. The van der Waals surface area contributed by atoms with Gasteiger partial charge in [-0.2, -0.15) is 0 Å². The van der Waals surface area contributed by atoms with Gasteiger partial charge < -0.3 is 20.1 Å². The molecule has 0 aromatic heterocycles. The van der Waals surface area contributed by atoms with E-state index in [1.54, 1.807) is 30.3 Å². The minimum absolute atomic E-state index is 0.158. The first-order valence-electron chi connectivity index (χ1n) is 9.72. The summed E-state index contributed by atoms with van der Waals surface area (Å²) in [4.78, 5) is 24.2. The van der Waals surface area contributed by atoms with Gasteiger partial charge in [0.1, 0.15) is 5.82 Å². The van der Waals surface area contributed by atoms with Crippen LogP contribution in [-0.2, 0) is 11.2 Å². The Morgan fingerprint density at radius 2 is 1.66 bits per heavy atom. The van der Waals surface area contributed by atoms with Gasteiger partial charge in [-0.05, 0) is 49.2 Å². The van der Waals surface area contributed by atoms with Crippen molar-refractivity contribution in [1.29, 1.82) is 0 Å². The van der Waals surface area contributed by atoms with E-state index in [1.165, 1.54) is 12.1 Å². The first kappa shape index (κ1) is 22.2. The van der Waals surface area contributed by atoms with Crippen LogP contribution in [0.25, 0.3) is 0 Å². The van der Waals surface area contributed by atoms with E-state index in [1.807, 2.05) is 13.8 Å². The maximum Gasteiger partial charge on any atom is 0.251 e. The van der Waals surface area contributed by atoms with Gasteiger partial charge in [0.25, 0.3) is 5.91 Å². The van der Waals surface area contributed by atoms with Gasteiger partial charge in [-0.3, -0.25) is 9.59 Å². The van der Waals surface area contributed by atoms with Crippen LogP contribution in [0.1, 0.15) is 36.2 Å². The van der Waals surface area contributed by atoms with Gasteiger partial charge in [0.2, 0.25) is 5.91 Å². The van der Waals surface area contributed by atoms with E-state index < -0.39 is 0 Å². The van der Waals surface area contributed by atoms with Crippen molar-refractivity contribution < 1.29 is 23.5 Å². The van der Waals surface area contributed by atoms with Crippen LogP contribution in [0.2, 0.25) is 0 Å². The molecule has 0 bridgehead atoms. The summed E-state index contributed by atoms with van der Waals surface area (Å²) >= 11 is 0. The largest absolute Gasteiger partial charge is 0.490 e. The second-order valence-corrected chi connectivity index (χ2v) is 6.35. The van der Waals surface area contributed by atoms with Crippen molar-refractivity contribution in [3.63, 3.8) is 0 Å². The van der Waals surface area contributed by atoms with Crippen molar-refractivity contribution in [3.05, 3.63) is 59.4 Å². The van der Waals surface area contributed by atoms with Gasteiger partial charge in [-0.1, -0.05) is 19.1 Å². The number of benzene rings is 2. The van der Waals surface area contributed by atoms with Crippen LogP contribution in [0, 0.1) is 5.82 Å². The summed E-state index contributed by atoms with van der Waals surface area (Å²) in [6.45, 7) is 5.50. The summed E-state index contributed by atoms with van der Waals surface area (Å²) in [5, 5.41) is 5.48. The molecule has 0 spiro atoms. The molecule has 0 unspecified atom stereocenters. The number of rotatable bonds is 11. The van der Waals surface area contributed by atoms with Crippen molar-refractivity contribution in [2.24, 2.45) is 0 Å². The van der Waals surface area contributed by atoms with Crippen molar-refractivity contribution in [2.45, 2.75) is 26.7 Å². The number of hydrogen-bond acceptors (Lipinski definition) is 4. The lowest BCUT2D eigenvalue weighted by Crippen LogP contribution is -2.35. The van der Waals surface area contributed by atoms with Crippen LogP contribution in [0.3, 0.4) is 0 Å². The molecule has 29 heavy (non-hydrogen) atoms. The zero-order valence-corrected chi connectivity index (χ0v) is 16.8. The first-order chi connectivity index (χ1) is 14.0. The highest BCUT2D eigenvalue weighted by Crippen LogP contribution is 2.28. The fraction of sp³-hybridized carbons (Fsp3) is 0.364. The smallest absolute Gasteiger partial charge is 0.251 e. The third-order valence-electron chi connectivity index (χ3n) is 3.98.